The number of hydrogen-bond donors (Lipinski definition) is 1. The fourth-order valence-electron chi connectivity index (χ4n) is 3.35. The van der Waals surface area contributed by atoms with E-state index in [0.717, 1.165) is 43.3 Å². The van der Waals surface area contributed by atoms with Crippen LogP contribution in [-0.2, 0) is 0 Å². The molecule has 1 aliphatic carbocycles. The summed E-state index contributed by atoms with van der Waals surface area (Å²) in [7, 11) is 0. The van der Waals surface area contributed by atoms with E-state index in [4.69, 9.17) is 4.74 Å². The van der Waals surface area contributed by atoms with Crippen molar-refractivity contribution in [2.24, 2.45) is 0 Å². The molecule has 0 bridgehead atoms. The number of aromatic carboxylic acids is 1. The average molecular weight is 344 g/mol. The van der Waals surface area contributed by atoms with E-state index in [0.29, 0.717) is 4.88 Å². The van der Waals surface area contributed by atoms with E-state index in [1.165, 1.54) is 11.3 Å². The second-order valence-corrected chi connectivity index (χ2v) is 7.03. The van der Waals surface area contributed by atoms with Crippen molar-refractivity contribution in [3.63, 3.8) is 0 Å². The molecule has 0 fully saturated rings. The number of ether oxygens (including phenoxy) is 1. The van der Waals surface area contributed by atoms with Crippen LogP contribution < -0.4 is 15.2 Å². The Kier molecular flexibility index (Phi) is 2.96. The van der Waals surface area contributed by atoms with Crippen LogP contribution >= 0.6 is 11.3 Å². The number of carboxylic acids is 1. The van der Waals surface area contributed by atoms with Crippen LogP contribution in [0.3, 0.4) is 0 Å². The number of benzene rings is 2. The molecule has 2 aromatic carbocycles. The van der Waals surface area contributed by atoms with Crippen LogP contribution in [0.5, 0.6) is 5.75 Å². The number of rotatable bonds is 1. The third-order valence-corrected chi connectivity index (χ3v) is 5.64. The quantitative estimate of drug-likeness (QED) is 0.574. The van der Waals surface area contributed by atoms with Crippen molar-refractivity contribution in [2.75, 3.05) is 0 Å². The fraction of sp³-hybridized carbons (Fsp3) is 0. The predicted octanol–water partition coefficient (Wildman–Crippen LogP) is 3.61. The Bertz CT molecular complexity index is 1200. The molecule has 5 rings (SSSR count). The summed E-state index contributed by atoms with van der Waals surface area (Å²) in [5, 5.41) is 11.5. The first-order valence-electron chi connectivity index (χ1n) is 7.87. The van der Waals surface area contributed by atoms with Gasteiger partial charge in [-0.25, -0.2) is 4.79 Å². The van der Waals surface area contributed by atoms with Crippen molar-refractivity contribution in [3.8, 4) is 27.3 Å². The van der Waals surface area contributed by atoms with Gasteiger partial charge in [-0.15, -0.1) is 11.3 Å². The molecular weight excluding hydrogens is 332 g/mol. The van der Waals surface area contributed by atoms with Crippen LogP contribution in [0, 0.1) is 0 Å². The van der Waals surface area contributed by atoms with Crippen LogP contribution in [0.4, 0.5) is 0 Å². The molecule has 0 saturated heterocycles. The van der Waals surface area contributed by atoms with E-state index in [1.807, 2.05) is 36.4 Å². The highest BCUT2D eigenvalue weighted by Gasteiger charge is 2.21. The lowest BCUT2D eigenvalue weighted by Gasteiger charge is -2.09. The third kappa shape index (κ3) is 2.15. The zero-order valence-electron chi connectivity index (χ0n) is 13.0. The molecule has 1 N–H and O–H groups in total. The topological polar surface area (TPSA) is 46.5 Å². The summed E-state index contributed by atoms with van der Waals surface area (Å²) in [5.41, 5.74) is 4.14. The van der Waals surface area contributed by atoms with Crippen molar-refractivity contribution >= 4 is 29.5 Å². The SMILES string of the molecule is O=C(O)c1cc2c(s1)-c1ccccc1C=c1cc3c(cc1-2)=CC=CO3. The molecule has 3 aromatic rings. The van der Waals surface area contributed by atoms with Gasteiger partial charge in [0.15, 0.2) is 0 Å². The van der Waals surface area contributed by atoms with E-state index < -0.39 is 5.97 Å². The number of hydrogen-bond acceptors (Lipinski definition) is 3. The molecule has 120 valence electrons. The van der Waals surface area contributed by atoms with E-state index >= 15 is 0 Å². The highest BCUT2D eigenvalue weighted by atomic mass is 32.1. The van der Waals surface area contributed by atoms with Crippen LogP contribution in [0.2, 0.25) is 0 Å². The van der Waals surface area contributed by atoms with Crippen molar-refractivity contribution in [2.45, 2.75) is 0 Å². The lowest BCUT2D eigenvalue weighted by molar-refractivity contribution is 0.0702. The summed E-state index contributed by atoms with van der Waals surface area (Å²) in [6.45, 7) is 0. The average Bonchev–Trinajstić information content (AvgIpc) is 3.02. The molecule has 25 heavy (non-hydrogen) atoms. The standard InChI is InChI=1S/C21H12O3S/c22-21(23)19-11-17-16-9-13-5-3-7-24-18(13)10-14(16)8-12-4-1-2-6-15(12)20(17)25-19/h1-11H,(H,22,23). The minimum atomic E-state index is -0.892. The van der Waals surface area contributed by atoms with E-state index in [2.05, 4.69) is 18.2 Å². The van der Waals surface area contributed by atoms with Crippen molar-refractivity contribution in [1.29, 1.82) is 0 Å². The summed E-state index contributed by atoms with van der Waals surface area (Å²) in [5.74, 6) is -0.0796. The van der Waals surface area contributed by atoms with Gasteiger partial charge < -0.3 is 9.84 Å². The maximum Gasteiger partial charge on any atom is 0.345 e. The van der Waals surface area contributed by atoms with Gasteiger partial charge in [0.2, 0.25) is 0 Å². The largest absolute Gasteiger partial charge is 0.477 e. The Morgan fingerprint density at radius 3 is 2.76 bits per heavy atom. The van der Waals surface area contributed by atoms with Gasteiger partial charge >= 0.3 is 5.97 Å². The zero-order valence-corrected chi connectivity index (χ0v) is 13.8. The van der Waals surface area contributed by atoms with Gasteiger partial charge in [-0.2, -0.15) is 0 Å². The molecule has 2 aliphatic rings. The Balaban J connectivity index is 1.93. The Morgan fingerprint density at radius 2 is 1.88 bits per heavy atom. The highest BCUT2D eigenvalue weighted by molar-refractivity contribution is 7.18. The molecule has 2 heterocycles. The molecule has 0 saturated carbocycles. The first-order valence-corrected chi connectivity index (χ1v) is 8.68. The minimum Gasteiger partial charge on any atom is -0.477 e. The van der Waals surface area contributed by atoms with E-state index in [1.54, 1.807) is 12.3 Å². The van der Waals surface area contributed by atoms with Crippen LogP contribution in [0.15, 0.2) is 54.8 Å². The number of carbonyl (C=O) groups is 1. The van der Waals surface area contributed by atoms with Crippen molar-refractivity contribution < 1.29 is 14.6 Å². The fourth-order valence-corrected chi connectivity index (χ4v) is 4.41. The summed E-state index contributed by atoms with van der Waals surface area (Å²) in [4.78, 5) is 12.9. The molecule has 3 nitrogen and oxygen atoms in total. The van der Waals surface area contributed by atoms with Crippen molar-refractivity contribution in [3.05, 3.63) is 75.7 Å². The number of fused-ring (bicyclic) bond motifs is 6. The maximum absolute atomic E-state index is 11.5. The first kappa shape index (κ1) is 14.3. The van der Waals surface area contributed by atoms with Crippen molar-refractivity contribution in [1.82, 2.24) is 0 Å². The van der Waals surface area contributed by atoms with E-state index in [-0.39, 0.29) is 0 Å². The lowest BCUT2D eigenvalue weighted by Crippen LogP contribution is -2.16. The molecule has 0 amide bonds. The number of thiophene rings is 1. The highest BCUT2D eigenvalue weighted by Crippen LogP contribution is 2.41. The van der Waals surface area contributed by atoms with Gasteiger partial charge in [0.25, 0.3) is 0 Å². The first-order chi connectivity index (χ1) is 12.2. The maximum atomic E-state index is 11.5. The van der Waals surface area contributed by atoms with Crippen LogP contribution in [-0.4, -0.2) is 11.1 Å². The molecule has 1 aliphatic heterocycles. The predicted molar refractivity (Wildman–Crippen MR) is 99.2 cm³/mol. The molecular formula is C21H12O3S. The smallest absolute Gasteiger partial charge is 0.345 e. The monoisotopic (exact) mass is 344 g/mol. The Hall–Kier alpha value is -3.11. The van der Waals surface area contributed by atoms with Gasteiger partial charge in [0.1, 0.15) is 10.6 Å². The Labute approximate surface area is 147 Å². The normalized spacial score (nSPS) is 13.1. The summed E-state index contributed by atoms with van der Waals surface area (Å²) in [6.07, 6.45) is 7.67. The minimum absolute atomic E-state index is 0.352. The lowest BCUT2D eigenvalue weighted by atomic mass is 10.0. The van der Waals surface area contributed by atoms with Crippen LogP contribution in [0.1, 0.15) is 15.2 Å². The van der Waals surface area contributed by atoms with Crippen LogP contribution in [0.25, 0.3) is 33.7 Å². The molecule has 1 aromatic heterocycles. The molecule has 0 atom stereocenters. The van der Waals surface area contributed by atoms with Gasteiger partial charge in [-0.05, 0) is 58.3 Å². The summed E-state index contributed by atoms with van der Waals surface area (Å²) in [6, 6.07) is 14.0. The number of allylic oxidation sites excluding steroid dienone is 1. The van der Waals surface area contributed by atoms with Gasteiger partial charge in [0, 0.05) is 15.7 Å². The molecule has 0 radical (unpaired) electrons. The molecule has 0 unspecified atom stereocenters. The van der Waals surface area contributed by atoms with Gasteiger partial charge in [-0.1, -0.05) is 24.3 Å². The van der Waals surface area contributed by atoms with Gasteiger partial charge in [0.05, 0.1) is 6.26 Å². The zero-order chi connectivity index (χ0) is 17.0. The summed E-state index contributed by atoms with van der Waals surface area (Å²) >= 11 is 1.33. The summed E-state index contributed by atoms with van der Waals surface area (Å²) < 4.78 is 5.63. The molecule has 4 heteroatoms. The second-order valence-electron chi connectivity index (χ2n) is 5.98. The number of carboxylic acid groups (broad SMARTS) is 1. The Morgan fingerprint density at radius 1 is 1.00 bits per heavy atom. The second kappa shape index (κ2) is 5.19. The molecule has 0 spiro atoms. The third-order valence-electron chi connectivity index (χ3n) is 4.48. The van der Waals surface area contributed by atoms with E-state index in [9.17, 15) is 9.90 Å². The van der Waals surface area contributed by atoms with Gasteiger partial charge in [-0.3, -0.25) is 0 Å².